The van der Waals surface area contributed by atoms with Crippen LogP contribution in [0.25, 0.3) is 34.2 Å². The van der Waals surface area contributed by atoms with Gasteiger partial charge in [-0.05, 0) is 151 Å². The molecule has 0 saturated heterocycles. The largest absolute Gasteiger partial charge is 1.00 e. The molecule has 9 aromatic rings. The SMILES string of the molecule is CC(C)(C)C(=O)Oc1ccc(C(=O)NCc2nc(-c3ccncc3)n[nH]2)cc1.CC(C)(C)C(=O)Oc1ccc(C(=O)NCc2nc(-c3ccncc3)nn2C(=O)C(C)(C)C)cc1.CO.O=C(NCc1nc(-c2ccncc2)n[nH]1)c1ccc(O)cc1.O=CO[O-].[Na+]. The number of phenols is 1. The standard InChI is InChI=1S/C25H29N5O4.C20H21N5O3.C15H13N5O2.CH2O3.CH4O.Na/c1-24(2,3)22(32)30-19(28-20(29-30)16-11-13-26-14-12-16)15-27-21(31)17-7-9-18(10-8-17)34-23(33)25(4,5)6;1-20(2,3)19(27)28-15-6-4-14(5-7-15)18(26)22-12-16-23-17(25-24-16)13-8-10-21-11-9-13;21-12-3-1-11(2-4-12)15(22)17-9-13-18-14(20-19-13)10-5-7-16-8-6-10;2-1-4-3;1-2;/h7-14H,15H2,1-6H3,(H,27,31);4-11H,12H2,1-3H3,(H,22,26)(H,23,24,25);1-8,21H,9H2,(H,17,22)(H,18,19,20);1,3H;2H,1H3;/q;;;;;+1/p-1. The number of aromatic hydroxyl groups is 1. The second-order valence-corrected chi connectivity index (χ2v) is 21.9. The molecule has 0 bridgehead atoms. The van der Waals surface area contributed by atoms with E-state index in [-0.39, 0.29) is 97.0 Å². The number of phenolic OH excluding ortho intramolecular Hbond substituents is 1. The number of benzene rings is 3. The van der Waals surface area contributed by atoms with Crippen LogP contribution in [0.3, 0.4) is 0 Å². The van der Waals surface area contributed by atoms with Crippen LogP contribution < -0.4 is 60.2 Å². The Labute approximate surface area is 545 Å². The number of hydrogen-bond donors (Lipinski definition) is 7. The fourth-order valence-electron chi connectivity index (χ4n) is 6.85. The number of ether oxygens (including phenoxy) is 2. The molecule has 6 heterocycles. The summed E-state index contributed by atoms with van der Waals surface area (Å²) in [5, 5.41) is 51.1. The number of esters is 2. The monoisotopic (exact) mass is 1250 g/mol. The van der Waals surface area contributed by atoms with Crippen LogP contribution in [-0.4, -0.2) is 119 Å². The van der Waals surface area contributed by atoms with E-state index in [4.69, 9.17) is 24.6 Å². The zero-order valence-corrected chi connectivity index (χ0v) is 53.9. The Kier molecular flexibility index (Phi) is 28.2. The number of carbonyl (C=O) groups is 7. The van der Waals surface area contributed by atoms with Crippen LogP contribution in [-0.2, 0) is 38.9 Å². The first-order valence-corrected chi connectivity index (χ1v) is 27.3. The van der Waals surface area contributed by atoms with Crippen molar-refractivity contribution in [2.24, 2.45) is 16.2 Å². The molecule has 470 valence electrons. The maximum Gasteiger partial charge on any atom is 1.00 e. The van der Waals surface area contributed by atoms with Crippen LogP contribution in [0.5, 0.6) is 17.2 Å². The number of carbonyl (C=O) groups excluding carboxylic acids is 7. The van der Waals surface area contributed by atoms with Crippen molar-refractivity contribution in [3.8, 4) is 51.4 Å². The molecule has 28 nitrogen and oxygen atoms in total. The van der Waals surface area contributed by atoms with Gasteiger partial charge in [0.15, 0.2) is 23.3 Å². The normalized spacial score (nSPS) is 10.6. The summed E-state index contributed by atoms with van der Waals surface area (Å²) in [4.78, 5) is 110. The van der Waals surface area contributed by atoms with E-state index in [1.54, 1.807) is 184 Å². The molecule has 0 aliphatic carbocycles. The number of H-pyrrole nitrogens is 2. The molecule has 29 heteroatoms. The topological polar surface area (TPSA) is 399 Å². The number of nitrogens with zero attached hydrogens (tertiary/aromatic N) is 10. The fraction of sp³-hybridized carbons (Fsp3) is 0.258. The van der Waals surface area contributed by atoms with E-state index in [9.17, 15) is 33.9 Å². The van der Waals surface area contributed by atoms with Gasteiger partial charge < -0.3 is 45.8 Å². The first-order valence-electron chi connectivity index (χ1n) is 27.3. The molecular formula is C62H68N15NaO13. The molecule has 6 aromatic heterocycles. The van der Waals surface area contributed by atoms with Gasteiger partial charge in [0.1, 0.15) is 28.9 Å². The molecule has 0 saturated carbocycles. The van der Waals surface area contributed by atoms with Crippen molar-refractivity contribution in [2.45, 2.75) is 81.9 Å². The van der Waals surface area contributed by atoms with E-state index in [2.05, 4.69) is 76.2 Å². The minimum atomic E-state index is -0.692. The van der Waals surface area contributed by atoms with E-state index in [1.165, 1.54) is 16.8 Å². The number of aliphatic hydroxyl groups excluding tert-OH is 1. The van der Waals surface area contributed by atoms with Crippen molar-refractivity contribution < 1.29 is 93.0 Å². The van der Waals surface area contributed by atoms with Gasteiger partial charge in [0.25, 0.3) is 30.1 Å². The molecule has 0 unspecified atom stereocenters. The first-order chi connectivity index (χ1) is 42.8. The molecule has 7 N–H and O–H groups in total. The summed E-state index contributed by atoms with van der Waals surface area (Å²) in [7, 11) is 1.00. The van der Waals surface area contributed by atoms with Crippen molar-refractivity contribution in [1.29, 1.82) is 0 Å². The second kappa shape index (κ2) is 35.1. The molecule has 3 aromatic carbocycles. The molecule has 91 heavy (non-hydrogen) atoms. The molecule has 0 fully saturated rings. The number of aromatic nitrogens is 12. The van der Waals surface area contributed by atoms with Crippen LogP contribution in [0.1, 0.15) is 116 Å². The summed E-state index contributed by atoms with van der Waals surface area (Å²) in [5.41, 5.74) is 1.76. The molecule has 0 radical (unpaired) electrons. The maximum atomic E-state index is 12.9. The summed E-state index contributed by atoms with van der Waals surface area (Å²) in [6.07, 6.45) is 9.89. The van der Waals surface area contributed by atoms with E-state index >= 15 is 0 Å². The molecule has 0 aliphatic heterocycles. The van der Waals surface area contributed by atoms with Gasteiger partial charge in [0.2, 0.25) is 0 Å². The number of rotatable bonds is 15. The average molecular weight is 1250 g/mol. The quantitative estimate of drug-likeness (QED) is 0.0193. The number of aromatic amines is 2. The first kappa shape index (κ1) is 73.2. The summed E-state index contributed by atoms with van der Waals surface area (Å²) < 4.78 is 11.9. The van der Waals surface area contributed by atoms with Crippen molar-refractivity contribution in [3.63, 3.8) is 0 Å². The average Bonchev–Trinajstić information content (AvgIpc) is 1.73. The minimum Gasteiger partial charge on any atom is -0.662 e. The predicted octanol–water partition coefficient (Wildman–Crippen LogP) is 3.21. The zero-order chi connectivity index (χ0) is 66.0. The molecule has 9 rings (SSSR count). The zero-order valence-electron chi connectivity index (χ0n) is 51.9. The Morgan fingerprint density at radius 3 is 1.16 bits per heavy atom. The Morgan fingerprint density at radius 2 is 0.835 bits per heavy atom. The van der Waals surface area contributed by atoms with E-state index in [0.29, 0.717) is 68.7 Å². The third-order valence-electron chi connectivity index (χ3n) is 11.7. The van der Waals surface area contributed by atoms with Gasteiger partial charge in [0.05, 0.1) is 30.5 Å². The Morgan fingerprint density at radius 1 is 0.505 bits per heavy atom. The third-order valence-corrected chi connectivity index (χ3v) is 11.7. The van der Waals surface area contributed by atoms with E-state index in [0.717, 1.165) is 18.2 Å². The number of hydrogen-bond acceptors (Lipinski definition) is 22. The summed E-state index contributed by atoms with van der Waals surface area (Å²) >= 11 is 0. The summed E-state index contributed by atoms with van der Waals surface area (Å²) in [6, 6.07) is 29.4. The van der Waals surface area contributed by atoms with Crippen molar-refractivity contribution >= 4 is 42.0 Å². The Bertz CT molecular complexity index is 3770. The van der Waals surface area contributed by atoms with Crippen molar-refractivity contribution in [1.82, 2.24) is 76.0 Å². The van der Waals surface area contributed by atoms with Gasteiger partial charge in [-0.2, -0.15) is 14.9 Å². The second-order valence-electron chi connectivity index (χ2n) is 21.9. The van der Waals surface area contributed by atoms with Crippen LogP contribution in [0.2, 0.25) is 0 Å². The third kappa shape index (κ3) is 23.3. The molecule has 0 atom stereocenters. The van der Waals surface area contributed by atoms with Gasteiger partial charge in [-0.15, -0.1) is 5.10 Å². The Balaban J connectivity index is 0.000000282. The van der Waals surface area contributed by atoms with Crippen molar-refractivity contribution in [2.75, 3.05) is 7.11 Å². The molecule has 0 aliphatic rings. The van der Waals surface area contributed by atoms with Crippen molar-refractivity contribution in [3.05, 3.63) is 181 Å². The van der Waals surface area contributed by atoms with Gasteiger partial charge in [-0.25, -0.2) is 15.0 Å². The molecule has 0 spiro atoms. The molecular weight excluding hydrogens is 1190 g/mol. The van der Waals surface area contributed by atoms with Crippen LogP contribution >= 0.6 is 0 Å². The summed E-state index contributed by atoms with van der Waals surface area (Å²) in [6.45, 7) is 16.3. The van der Waals surface area contributed by atoms with E-state index < -0.39 is 16.2 Å². The minimum absolute atomic E-state index is 0. The van der Waals surface area contributed by atoms with Gasteiger partial charge in [-0.1, -0.05) is 20.8 Å². The Hall–Kier alpha value is -10.3. The number of amides is 3. The van der Waals surface area contributed by atoms with Gasteiger partial charge in [-0.3, -0.25) is 58.7 Å². The van der Waals surface area contributed by atoms with Crippen LogP contribution in [0, 0.1) is 16.2 Å². The number of pyridine rings is 3. The number of nitrogens with one attached hydrogen (secondary N) is 5. The van der Waals surface area contributed by atoms with E-state index in [1.807, 2.05) is 12.1 Å². The van der Waals surface area contributed by atoms with Crippen LogP contribution in [0.15, 0.2) is 146 Å². The summed E-state index contributed by atoms with van der Waals surface area (Å²) in [5.74, 6) is 1.92. The number of aliphatic hydroxyl groups is 1. The molecule has 3 amide bonds. The predicted molar refractivity (Wildman–Crippen MR) is 323 cm³/mol. The maximum absolute atomic E-state index is 12.9. The van der Waals surface area contributed by atoms with Gasteiger partial charge in [0, 0.05) is 83.1 Å². The fourth-order valence-corrected chi connectivity index (χ4v) is 6.85. The van der Waals surface area contributed by atoms with Gasteiger partial charge >= 0.3 is 41.5 Å². The smallest absolute Gasteiger partial charge is 0.662 e. The van der Waals surface area contributed by atoms with Crippen LogP contribution in [0.4, 0.5) is 0 Å².